The van der Waals surface area contributed by atoms with Crippen molar-refractivity contribution >= 4 is 51.9 Å². The Morgan fingerprint density at radius 2 is 1.78 bits per heavy atom. The van der Waals surface area contributed by atoms with E-state index in [-0.39, 0.29) is 34.7 Å². The van der Waals surface area contributed by atoms with Crippen LogP contribution in [0.4, 0.5) is 5.69 Å². The second-order valence-electron chi connectivity index (χ2n) is 7.74. The van der Waals surface area contributed by atoms with E-state index in [0.29, 0.717) is 14.8 Å². The van der Waals surface area contributed by atoms with Crippen molar-refractivity contribution in [2.24, 2.45) is 0 Å². The summed E-state index contributed by atoms with van der Waals surface area (Å²) in [5.74, 6) is -0.420. The van der Waals surface area contributed by atoms with Gasteiger partial charge in [-0.25, -0.2) is 4.79 Å². The van der Waals surface area contributed by atoms with E-state index in [0.717, 1.165) is 5.56 Å². The number of thiocarbonyl (C=S) groups is 1. The van der Waals surface area contributed by atoms with E-state index in [9.17, 15) is 19.7 Å². The van der Waals surface area contributed by atoms with Crippen molar-refractivity contribution in [2.45, 2.75) is 13.0 Å². The molecule has 10 heteroatoms. The predicted molar refractivity (Wildman–Crippen MR) is 141 cm³/mol. The van der Waals surface area contributed by atoms with E-state index in [1.807, 2.05) is 37.3 Å². The lowest BCUT2D eigenvalue weighted by atomic mass is 10.1. The van der Waals surface area contributed by atoms with Crippen LogP contribution in [0.15, 0.2) is 77.7 Å². The molecule has 1 saturated heterocycles. The molecule has 3 aromatic carbocycles. The number of thioether (sulfide) groups is 1. The number of amides is 1. The van der Waals surface area contributed by atoms with Crippen molar-refractivity contribution < 1.29 is 24.0 Å². The van der Waals surface area contributed by atoms with Gasteiger partial charge in [-0.3, -0.25) is 19.8 Å². The van der Waals surface area contributed by atoms with Crippen molar-refractivity contribution in [3.63, 3.8) is 0 Å². The van der Waals surface area contributed by atoms with Crippen molar-refractivity contribution in [1.82, 2.24) is 4.90 Å². The van der Waals surface area contributed by atoms with E-state index < -0.39 is 10.9 Å². The average molecular weight is 521 g/mol. The van der Waals surface area contributed by atoms with E-state index in [2.05, 4.69) is 0 Å². The Morgan fingerprint density at radius 1 is 1.08 bits per heavy atom. The topological polar surface area (TPSA) is 99.0 Å². The Bertz CT molecular complexity index is 1370. The standard InChI is InChI=1S/C26H20N2O6S2/c1-16(18-6-4-3-5-7-18)27-24(29)23(36-26(27)35)15-17-8-13-21(22(14-17)33-2)34-25(30)19-9-11-20(12-10-19)28(31)32/h3-16H,1-2H3/b23-15+/t16-/m0/s1. The molecule has 0 radical (unpaired) electrons. The number of benzene rings is 3. The Morgan fingerprint density at radius 3 is 2.42 bits per heavy atom. The van der Waals surface area contributed by atoms with Crippen LogP contribution >= 0.6 is 24.0 Å². The van der Waals surface area contributed by atoms with Gasteiger partial charge >= 0.3 is 5.97 Å². The summed E-state index contributed by atoms with van der Waals surface area (Å²) in [5, 5.41) is 10.8. The zero-order chi connectivity index (χ0) is 25.8. The van der Waals surface area contributed by atoms with Gasteiger partial charge in [-0.05, 0) is 48.4 Å². The van der Waals surface area contributed by atoms with Gasteiger partial charge in [0.1, 0.15) is 4.32 Å². The molecule has 0 unspecified atom stereocenters. The third kappa shape index (κ3) is 5.29. The molecular formula is C26H20N2O6S2. The number of carbonyl (C=O) groups is 2. The molecule has 0 aromatic heterocycles. The largest absolute Gasteiger partial charge is 0.493 e. The number of nitro groups is 1. The van der Waals surface area contributed by atoms with E-state index in [1.54, 1.807) is 29.2 Å². The van der Waals surface area contributed by atoms with Gasteiger partial charge in [-0.2, -0.15) is 0 Å². The number of hydrogen-bond acceptors (Lipinski definition) is 8. The SMILES string of the molecule is COc1cc(/C=C2/SC(=S)N([C@@H](C)c3ccccc3)C2=O)ccc1OC(=O)c1ccc([N+](=O)[O-])cc1. The fourth-order valence-electron chi connectivity index (χ4n) is 3.58. The summed E-state index contributed by atoms with van der Waals surface area (Å²) in [6.07, 6.45) is 1.71. The van der Waals surface area contributed by atoms with Crippen molar-refractivity contribution in [2.75, 3.05) is 7.11 Å². The molecule has 1 aliphatic rings. The number of carbonyl (C=O) groups excluding carboxylic acids is 2. The lowest BCUT2D eigenvalue weighted by Crippen LogP contribution is -2.30. The highest BCUT2D eigenvalue weighted by Crippen LogP contribution is 2.39. The van der Waals surface area contributed by atoms with Crippen molar-refractivity contribution in [1.29, 1.82) is 0 Å². The molecule has 8 nitrogen and oxygen atoms in total. The zero-order valence-corrected chi connectivity index (χ0v) is 20.9. The fourth-order valence-corrected chi connectivity index (χ4v) is 5.00. The molecule has 0 saturated carbocycles. The minimum Gasteiger partial charge on any atom is -0.493 e. The molecule has 4 rings (SSSR count). The first-order valence-electron chi connectivity index (χ1n) is 10.7. The second-order valence-corrected chi connectivity index (χ2v) is 9.42. The summed E-state index contributed by atoms with van der Waals surface area (Å²) in [6.45, 7) is 1.93. The van der Waals surface area contributed by atoms with Crippen LogP contribution in [0, 0.1) is 10.1 Å². The molecule has 3 aromatic rings. The van der Waals surface area contributed by atoms with Crippen LogP contribution < -0.4 is 9.47 Å². The molecule has 0 spiro atoms. The third-order valence-electron chi connectivity index (χ3n) is 5.49. The molecular weight excluding hydrogens is 500 g/mol. The number of nitrogens with zero attached hydrogens (tertiary/aromatic N) is 2. The number of nitro benzene ring substituents is 1. The van der Waals surface area contributed by atoms with Gasteiger partial charge in [-0.15, -0.1) is 0 Å². The summed E-state index contributed by atoms with van der Waals surface area (Å²) in [7, 11) is 1.43. The molecule has 1 aliphatic heterocycles. The zero-order valence-electron chi connectivity index (χ0n) is 19.2. The maximum atomic E-state index is 13.1. The molecule has 0 aliphatic carbocycles. The highest BCUT2D eigenvalue weighted by atomic mass is 32.2. The highest BCUT2D eigenvalue weighted by Gasteiger charge is 2.35. The van der Waals surface area contributed by atoms with Gasteiger partial charge in [0.2, 0.25) is 0 Å². The minimum absolute atomic E-state index is 0.128. The molecule has 1 atom stereocenters. The summed E-state index contributed by atoms with van der Waals surface area (Å²) in [5.41, 5.74) is 1.67. The molecule has 1 fully saturated rings. The molecule has 182 valence electrons. The van der Waals surface area contributed by atoms with Gasteiger partial charge in [0, 0.05) is 12.1 Å². The van der Waals surface area contributed by atoms with Crippen LogP contribution in [-0.4, -0.2) is 33.1 Å². The van der Waals surface area contributed by atoms with Gasteiger partial charge in [-0.1, -0.05) is 60.4 Å². The number of ether oxygens (including phenoxy) is 2. The number of esters is 1. The van der Waals surface area contributed by atoms with E-state index >= 15 is 0 Å². The average Bonchev–Trinajstić information content (AvgIpc) is 3.17. The lowest BCUT2D eigenvalue weighted by molar-refractivity contribution is -0.384. The van der Waals surface area contributed by atoms with E-state index in [1.165, 1.54) is 43.1 Å². The Kier molecular flexibility index (Phi) is 7.47. The van der Waals surface area contributed by atoms with Crippen LogP contribution in [0.2, 0.25) is 0 Å². The van der Waals surface area contributed by atoms with Crippen LogP contribution in [0.25, 0.3) is 6.08 Å². The normalized spacial score (nSPS) is 15.2. The van der Waals surface area contributed by atoms with Crippen LogP contribution in [0.5, 0.6) is 11.5 Å². The highest BCUT2D eigenvalue weighted by molar-refractivity contribution is 8.26. The van der Waals surface area contributed by atoms with Crippen molar-refractivity contribution in [3.05, 3.63) is 105 Å². The monoisotopic (exact) mass is 520 g/mol. The minimum atomic E-state index is -0.688. The summed E-state index contributed by atoms with van der Waals surface area (Å²) >= 11 is 6.70. The first kappa shape index (κ1) is 25.1. The maximum Gasteiger partial charge on any atom is 0.343 e. The predicted octanol–water partition coefficient (Wildman–Crippen LogP) is 5.79. The van der Waals surface area contributed by atoms with Gasteiger partial charge in [0.15, 0.2) is 11.5 Å². The fraction of sp³-hybridized carbons (Fsp3) is 0.115. The smallest absolute Gasteiger partial charge is 0.343 e. The Hall–Kier alpha value is -4.02. The van der Waals surface area contributed by atoms with Crippen molar-refractivity contribution in [3.8, 4) is 11.5 Å². The Balaban J connectivity index is 1.52. The van der Waals surface area contributed by atoms with Crippen LogP contribution in [-0.2, 0) is 4.79 Å². The van der Waals surface area contributed by atoms with Gasteiger partial charge in [0.05, 0.1) is 28.5 Å². The third-order valence-corrected chi connectivity index (χ3v) is 6.83. The Labute approximate surface area is 216 Å². The lowest BCUT2D eigenvalue weighted by Gasteiger charge is -2.23. The maximum absolute atomic E-state index is 13.1. The number of hydrogen-bond donors (Lipinski definition) is 0. The molecule has 1 heterocycles. The summed E-state index contributed by atoms with van der Waals surface area (Å²) in [4.78, 5) is 37.9. The first-order chi connectivity index (χ1) is 17.3. The number of non-ortho nitro benzene ring substituents is 1. The molecule has 1 amide bonds. The molecule has 36 heavy (non-hydrogen) atoms. The van der Waals surface area contributed by atoms with Crippen LogP contribution in [0.1, 0.15) is 34.5 Å². The first-order valence-corrected chi connectivity index (χ1v) is 12.0. The quantitative estimate of drug-likeness (QED) is 0.0965. The molecule has 0 N–H and O–H groups in total. The van der Waals surface area contributed by atoms with Gasteiger partial charge < -0.3 is 9.47 Å². The van der Waals surface area contributed by atoms with E-state index in [4.69, 9.17) is 21.7 Å². The molecule has 0 bridgehead atoms. The summed E-state index contributed by atoms with van der Waals surface area (Å²) < 4.78 is 11.3. The van der Waals surface area contributed by atoms with Gasteiger partial charge in [0.25, 0.3) is 11.6 Å². The second kappa shape index (κ2) is 10.7. The summed E-state index contributed by atoms with van der Waals surface area (Å²) in [6, 6.07) is 19.4. The number of methoxy groups -OCH3 is 1. The van der Waals surface area contributed by atoms with Crippen LogP contribution in [0.3, 0.4) is 0 Å². The number of rotatable bonds is 7.